The van der Waals surface area contributed by atoms with Crippen molar-refractivity contribution in [2.75, 3.05) is 17.6 Å². The van der Waals surface area contributed by atoms with Crippen molar-refractivity contribution in [3.8, 4) is 12.0 Å². The number of hydrogen-bond donors (Lipinski definition) is 3. The Morgan fingerprint density at radius 3 is 2.59 bits per heavy atom. The van der Waals surface area contributed by atoms with E-state index in [0.29, 0.717) is 11.0 Å². The van der Waals surface area contributed by atoms with Crippen molar-refractivity contribution in [2.45, 2.75) is 32.8 Å². The van der Waals surface area contributed by atoms with Crippen LogP contribution >= 0.6 is 22.6 Å². The Morgan fingerprint density at radius 2 is 2.18 bits per heavy atom. The second-order valence-corrected chi connectivity index (χ2v) is 3.88. The lowest BCUT2D eigenvalue weighted by Gasteiger charge is -1.98. The standard InChI is InChI=1S/C8H12INO2.C3H8O2/c1-2-3-6-10-8(11)12-7-4-5-9;1-3(5)2-4/h2-3,5-6H2,1H3,(H,10,11);3-5H,2H2,1H3. The Bertz CT molecular complexity index is 235. The third-order valence-electron chi connectivity index (χ3n) is 1.35. The van der Waals surface area contributed by atoms with Gasteiger partial charge in [-0.05, 0) is 19.3 Å². The first-order chi connectivity index (χ1) is 8.08. The maximum atomic E-state index is 10.8. The molecule has 0 radical (unpaired) electrons. The Hall–Kier alpha value is -0.520. The van der Waals surface area contributed by atoms with Gasteiger partial charge in [-0.2, -0.15) is 0 Å². The number of alkyl carbamates (subject to hydrolysis) is 1. The van der Waals surface area contributed by atoms with E-state index in [4.69, 9.17) is 10.2 Å². The predicted octanol–water partition coefficient (Wildman–Crippen LogP) is 1.27. The van der Waals surface area contributed by atoms with Gasteiger partial charge < -0.3 is 20.3 Å². The first-order valence-electron chi connectivity index (χ1n) is 5.35. The summed E-state index contributed by atoms with van der Waals surface area (Å²) in [7, 11) is 0. The van der Waals surface area contributed by atoms with E-state index in [9.17, 15) is 4.79 Å². The minimum atomic E-state index is -0.560. The van der Waals surface area contributed by atoms with Crippen molar-refractivity contribution >= 4 is 28.7 Å². The maximum absolute atomic E-state index is 10.8. The Balaban J connectivity index is 0. The van der Waals surface area contributed by atoms with Gasteiger partial charge in [-0.3, -0.25) is 0 Å². The summed E-state index contributed by atoms with van der Waals surface area (Å²) in [5.74, 6) is 2.62. The Kier molecular flexibility index (Phi) is 17.2. The molecule has 0 saturated heterocycles. The van der Waals surface area contributed by atoms with E-state index >= 15 is 0 Å². The molecule has 0 fully saturated rings. The lowest BCUT2D eigenvalue weighted by atomic mass is 10.3. The topological polar surface area (TPSA) is 78.8 Å². The number of rotatable bonds is 4. The van der Waals surface area contributed by atoms with E-state index < -0.39 is 12.2 Å². The zero-order chi connectivity index (χ0) is 13.5. The third-order valence-corrected chi connectivity index (χ3v) is 1.73. The van der Waals surface area contributed by atoms with Gasteiger partial charge in [0.25, 0.3) is 0 Å². The maximum Gasteiger partial charge on any atom is 0.421 e. The summed E-state index contributed by atoms with van der Waals surface area (Å²) in [5, 5.41) is 18.6. The van der Waals surface area contributed by atoms with Crippen molar-refractivity contribution in [1.29, 1.82) is 0 Å². The summed E-state index contributed by atoms with van der Waals surface area (Å²) in [6, 6.07) is 0. The van der Waals surface area contributed by atoms with Crippen molar-refractivity contribution in [3.63, 3.8) is 0 Å². The number of ether oxygens (including phenoxy) is 1. The molecule has 1 amide bonds. The van der Waals surface area contributed by atoms with Crippen LogP contribution < -0.4 is 5.32 Å². The highest BCUT2D eigenvalue weighted by molar-refractivity contribution is 14.1. The lowest BCUT2D eigenvalue weighted by molar-refractivity contribution is 0.110. The molecule has 0 aromatic carbocycles. The molecule has 1 atom stereocenters. The van der Waals surface area contributed by atoms with Crippen molar-refractivity contribution < 1.29 is 19.7 Å². The third kappa shape index (κ3) is 21.3. The number of carbonyl (C=O) groups excluding carboxylic acids is 1. The number of alkyl halides is 1. The van der Waals surface area contributed by atoms with Crippen molar-refractivity contribution in [3.05, 3.63) is 0 Å². The summed E-state index contributed by atoms with van der Waals surface area (Å²) >= 11 is 2.08. The Labute approximate surface area is 116 Å². The van der Waals surface area contributed by atoms with Crippen LogP contribution in [0, 0.1) is 12.0 Å². The zero-order valence-electron chi connectivity index (χ0n) is 10.2. The smallest absolute Gasteiger partial charge is 0.394 e. The monoisotopic (exact) mass is 357 g/mol. The van der Waals surface area contributed by atoms with Crippen LogP contribution in [-0.2, 0) is 4.74 Å². The molecule has 0 heterocycles. The summed E-state index contributed by atoms with van der Waals surface area (Å²) < 4.78 is 5.18. The molecule has 5 nitrogen and oxygen atoms in total. The fraction of sp³-hybridized carbons (Fsp3) is 0.727. The summed E-state index contributed by atoms with van der Waals surface area (Å²) in [6.45, 7) is 4.10. The molecule has 0 aliphatic rings. The SMILES string of the molecule is CC(O)CO.CCCCNC(=O)OC#CCI. The molecule has 0 bridgehead atoms. The van der Waals surface area contributed by atoms with Crippen LogP contribution in [-0.4, -0.2) is 40.0 Å². The average molecular weight is 357 g/mol. The van der Waals surface area contributed by atoms with E-state index in [2.05, 4.69) is 51.6 Å². The molecule has 17 heavy (non-hydrogen) atoms. The minimum Gasteiger partial charge on any atom is -0.394 e. The predicted molar refractivity (Wildman–Crippen MR) is 74.8 cm³/mol. The first kappa shape index (κ1) is 18.8. The van der Waals surface area contributed by atoms with Gasteiger partial charge in [0.1, 0.15) is 6.11 Å². The second kappa shape index (κ2) is 15.5. The molecule has 0 aromatic heterocycles. The summed E-state index contributed by atoms with van der Waals surface area (Å²) in [4.78, 5) is 10.8. The molecule has 1 unspecified atom stereocenters. The van der Waals surface area contributed by atoms with E-state index in [1.54, 1.807) is 0 Å². The van der Waals surface area contributed by atoms with Crippen LogP contribution in [0.4, 0.5) is 4.79 Å². The zero-order valence-corrected chi connectivity index (χ0v) is 12.4. The van der Waals surface area contributed by atoms with Crippen LogP contribution in [0.5, 0.6) is 0 Å². The van der Waals surface area contributed by atoms with Crippen LogP contribution in [0.1, 0.15) is 26.7 Å². The van der Waals surface area contributed by atoms with E-state index in [0.717, 1.165) is 12.8 Å². The van der Waals surface area contributed by atoms with E-state index in [1.165, 1.54) is 6.92 Å². The molecule has 0 aliphatic heterocycles. The number of halogens is 1. The highest BCUT2D eigenvalue weighted by Gasteiger charge is 1.96. The molecule has 0 rings (SSSR count). The number of hydrogen-bond acceptors (Lipinski definition) is 4. The van der Waals surface area contributed by atoms with Gasteiger partial charge in [-0.1, -0.05) is 35.9 Å². The normalized spacial score (nSPS) is 10.2. The number of unbranched alkanes of at least 4 members (excludes halogenated alkanes) is 1. The van der Waals surface area contributed by atoms with Gasteiger partial charge in [0.2, 0.25) is 0 Å². The van der Waals surface area contributed by atoms with Crippen LogP contribution in [0.3, 0.4) is 0 Å². The van der Waals surface area contributed by atoms with E-state index in [-0.39, 0.29) is 6.61 Å². The van der Waals surface area contributed by atoms with Gasteiger partial charge in [0.05, 0.1) is 17.1 Å². The van der Waals surface area contributed by atoms with Gasteiger partial charge in [-0.15, -0.1) is 0 Å². The number of aliphatic hydroxyl groups excluding tert-OH is 2. The van der Waals surface area contributed by atoms with Crippen LogP contribution in [0.25, 0.3) is 0 Å². The Morgan fingerprint density at radius 1 is 1.59 bits per heavy atom. The van der Waals surface area contributed by atoms with Crippen LogP contribution in [0.2, 0.25) is 0 Å². The van der Waals surface area contributed by atoms with Crippen LogP contribution in [0.15, 0.2) is 0 Å². The average Bonchev–Trinajstić information content (AvgIpc) is 2.30. The van der Waals surface area contributed by atoms with E-state index in [1.807, 2.05) is 0 Å². The lowest BCUT2D eigenvalue weighted by Crippen LogP contribution is -2.23. The minimum absolute atomic E-state index is 0.139. The largest absolute Gasteiger partial charge is 0.421 e. The number of nitrogens with one attached hydrogen (secondary N) is 1. The molecule has 0 aromatic rings. The molecular formula is C11H20INO4. The van der Waals surface area contributed by atoms with Crippen molar-refractivity contribution in [1.82, 2.24) is 5.32 Å². The highest BCUT2D eigenvalue weighted by Crippen LogP contribution is 1.83. The molecule has 6 heteroatoms. The molecule has 0 saturated carbocycles. The number of aliphatic hydroxyl groups is 2. The number of carbonyl (C=O) groups is 1. The first-order valence-corrected chi connectivity index (χ1v) is 6.88. The molecule has 3 N–H and O–H groups in total. The fourth-order valence-electron chi connectivity index (χ4n) is 0.513. The summed E-state index contributed by atoms with van der Waals surface area (Å²) in [5.41, 5.74) is 0. The van der Waals surface area contributed by atoms with Crippen molar-refractivity contribution in [2.24, 2.45) is 0 Å². The molecule has 100 valence electrons. The second-order valence-electron chi connectivity index (χ2n) is 3.11. The molecular weight excluding hydrogens is 337 g/mol. The number of amides is 1. The summed E-state index contributed by atoms with van der Waals surface area (Å²) in [6.07, 6.45) is 3.30. The molecule has 0 spiro atoms. The van der Waals surface area contributed by atoms with Gasteiger partial charge in [0, 0.05) is 6.54 Å². The fourth-order valence-corrected chi connectivity index (χ4v) is 0.669. The van der Waals surface area contributed by atoms with Gasteiger partial charge in [-0.25, -0.2) is 4.79 Å². The molecule has 0 aliphatic carbocycles. The highest BCUT2D eigenvalue weighted by atomic mass is 127. The van der Waals surface area contributed by atoms with Gasteiger partial charge in [0.15, 0.2) is 0 Å². The van der Waals surface area contributed by atoms with Gasteiger partial charge >= 0.3 is 6.09 Å². The quantitative estimate of drug-likeness (QED) is 0.307.